The lowest BCUT2D eigenvalue weighted by molar-refractivity contribution is 0.508. The van der Waals surface area contributed by atoms with E-state index in [0.717, 1.165) is 47.7 Å². The molecule has 10 heteroatoms. The van der Waals surface area contributed by atoms with Gasteiger partial charge in [0.05, 0.1) is 23.5 Å². The topological polar surface area (TPSA) is 51.6 Å². The maximum Gasteiger partial charge on any atom is 0.168 e. The number of benzene rings is 2. The summed E-state index contributed by atoms with van der Waals surface area (Å²) < 4.78 is 70.9. The average Bonchev–Trinajstić information content (AvgIpc) is 3.19. The number of hydrogen-bond donors (Lipinski definition) is 0. The Hall–Kier alpha value is -2.46. The van der Waals surface area contributed by atoms with Crippen molar-refractivity contribution in [1.29, 1.82) is 0 Å². The third-order valence-electron chi connectivity index (χ3n) is 3.37. The summed E-state index contributed by atoms with van der Waals surface area (Å²) in [6.07, 6.45) is 2.25. The van der Waals surface area contributed by atoms with Gasteiger partial charge in [0.15, 0.2) is 23.3 Å². The minimum atomic E-state index is -1.14. The third-order valence-corrected chi connectivity index (χ3v) is 4.46. The van der Waals surface area contributed by atoms with Gasteiger partial charge in [-0.05, 0) is 12.2 Å². The van der Waals surface area contributed by atoms with E-state index in [1.54, 1.807) is 0 Å². The molecule has 0 fully saturated rings. The van der Waals surface area contributed by atoms with Crippen molar-refractivity contribution in [3.05, 3.63) is 46.5 Å². The molecule has 0 saturated heterocycles. The van der Waals surface area contributed by atoms with Gasteiger partial charge in [0, 0.05) is 23.3 Å². The molecule has 0 amide bonds. The zero-order valence-corrected chi connectivity index (χ0v) is 13.1. The lowest BCUT2D eigenvalue weighted by Gasteiger charge is -2.02. The van der Waals surface area contributed by atoms with Crippen molar-refractivity contribution in [1.82, 2.24) is 17.5 Å². The summed E-state index contributed by atoms with van der Waals surface area (Å²) in [7, 11) is 0. The maximum absolute atomic E-state index is 14.1. The van der Waals surface area contributed by atoms with E-state index in [1.807, 2.05) is 0 Å². The average molecular weight is 368 g/mol. The van der Waals surface area contributed by atoms with Gasteiger partial charge in [0.1, 0.15) is 22.1 Å². The molecule has 0 bridgehead atoms. The fourth-order valence-electron chi connectivity index (χ4n) is 2.26. The number of hydrogen-bond acceptors (Lipinski definition) is 6. The first-order valence-corrected chi connectivity index (χ1v) is 7.91. The highest BCUT2D eigenvalue weighted by Gasteiger charge is 2.17. The quantitative estimate of drug-likeness (QED) is 0.388. The summed E-state index contributed by atoms with van der Waals surface area (Å²) in [5.74, 6) is -4.49. The SMILES string of the molecule is Fc1cc2nsnc2c(/C=C/c2c(F)c(F)cc3nsnc23)c1F. The predicted octanol–water partition coefficient (Wildman–Crippen LogP) is 4.42. The van der Waals surface area contributed by atoms with Crippen molar-refractivity contribution in [2.24, 2.45) is 0 Å². The van der Waals surface area contributed by atoms with Gasteiger partial charge >= 0.3 is 0 Å². The summed E-state index contributed by atoms with van der Waals surface area (Å²) in [5.41, 5.74) is 0.245. The first kappa shape index (κ1) is 15.1. The number of nitrogens with zero attached hydrogens (tertiary/aromatic N) is 4. The van der Waals surface area contributed by atoms with Gasteiger partial charge in [-0.2, -0.15) is 17.5 Å². The van der Waals surface area contributed by atoms with Crippen LogP contribution in [0.2, 0.25) is 0 Å². The predicted molar refractivity (Wildman–Crippen MR) is 83.6 cm³/mol. The fraction of sp³-hybridized carbons (Fsp3) is 0. The second kappa shape index (κ2) is 5.56. The molecule has 0 N–H and O–H groups in total. The molecular weight excluding hydrogens is 364 g/mol. The number of aromatic nitrogens is 4. The van der Waals surface area contributed by atoms with Gasteiger partial charge in [-0.25, -0.2) is 17.6 Å². The Morgan fingerprint density at radius 3 is 1.50 bits per heavy atom. The van der Waals surface area contributed by atoms with Crippen LogP contribution in [0.1, 0.15) is 11.1 Å². The van der Waals surface area contributed by atoms with Crippen molar-refractivity contribution in [3.8, 4) is 0 Å². The Balaban J connectivity index is 1.94. The van der Waals surface area contributed by atoms with E-state index in [9.17, 15) is 17.6 Å². The third kappa shape index (κ3) is 2.26. The second-order valence-electron chi connectivity index (χ2n) is 4.77. The van der Waals surface area contributed by atoms with Gasteiger partial charge in [0.25, 0.3) is 0 Å². The zero-order chi connectivity index (χ0) is 16.8. The highest BCUT2D eigenvalue weighted by Crippen LogP contribution is 2.28. The summed E-state index contributed by atoms with van der Waals surface area (Å²) in [5, 5.41) is 0. The van der Waals surface area contributed by atoms with Gasteiger partial charge in [-0.1, -0.05) is 0 Å². The molecule has 0 spiro atoms. The Morgan fingerprint density at radius 2 is 1.08 bits per heavy atom. The molecule has 0 atom stereocenters. The van der Waals surface area contributed by atoms with Crippen molar-refractivity contribution in [2.75, 3.05) is 0 Å². The lowest BCUT2D eigenvalue weighted by atomic mass is 10.1. The van der Waals surface area contributed by atoms with Crippen LogP contribution >= 0.6 is 23.5 Å². The number of fused-ring (bicyclic) bond motifs is 2. The molecule has 0 radical (unpaired) electrons. The van der Waals surface area contributed by atoms with Crippen LogP contribution < -0.4 is 0 Å². The smallest absolute Gasteiger partial charge is 0.168 e. The summed E-state index contributed by atoms with van der Waals surface area (Å²) in [6, 6.07) is 1.85. The van der Waals surface area contributed by atoms with E-state index in [-0.39, 0.29) is 33.2 Å². The van der Waals surface area contributed by atoms with Crippen LogP contribution in [0.5, 0.6) is 0 Å². The molecule has 2 aromatic heterocycles. The van der Waals surface area contributed by atoms with Crippen molar-refractivity contribution < 1.29 is 17.6 Å². The van der Waals surface area contributed by atoms with E-state index in [0.29, 0.717) is 0 Å². The molecule has 0 aliphatic rings. The van der Waals surface area contributed by atoms with Crippen LogP contribution in [-0.4, -0.2) is 17.5 Å². The van der Waals surface area contributed by atoms with E-state index >= 15 is 0 Å². The summed E-state index contributed by atoms with van der Waals surface area (Å²) in [6.45, 7) is 0. The van der Waals surface area contributed by atoms with E-state index < -0.39 is 23.3 Å². The molecule has 4 aromatic rings. The maximum atomic E-state index is 14.1. The minimum Gasteiger partial charge on any atom is -0.204 e. The Kier molecular flexibility index (Phi) is 3.50. The second-order valence-corrected chi connectivity index (χ2v) is 5.83. The van der Waals surface area contributed by atoms with Crippen LogP contribution in [0, 0.1) is 23.3 Å². The Labute approximate surface area is 139 Å². The molecule has 4 nitrogen and oxygen atoms in total. The standard InChI is InChI=1S/C14H4F4N4S2/c15-7-3-9-13(21-23-19-9)5(11(7)17)1-2-6-12(18)8(16)4-10-14(6)22-24-20-10/h1-4H/b2-1+. The van der Waals surface area contributed by atoms with Gasteiger partial charge in [-0.15, -0.1) is 0 Å². The molecule has 24 heavy (non-hydrogen) atoms. The van der Waals surface area contributed by atoms with Crippen LogP contribution in [0.4, 0.5) is 17.6 Å². The normalized spacial score (nSPS) is 12.0. The number of halogens is 4. The van der Waals surface area contributed by atoms with Crippen LogP contribution in [0.25, 0.3) is 34.2 Å². The molecule has 2 aromatic carbocycles. The molecule has 0 aliphatic carbocycles. The Bertz CT molecular complexity index is 1030. The highest BCUT2D eigenvalue weighted by molar-refractivity contribution is 7.00. The molecule has 2 heterocycles. The first-order chi connectivity index (χ1) is 11.6. The van der Waals surface area contributed by atoms with Gasteiger partial charge < -0.3 is 0 Å². The molecular formula is C14H4F4N4S2. The molecule has 4 rings (SSSR count). The molecule has 0 unspecified atom stereocenters. The monoisotopic (exact) mass is 368 g/mol. The van der Waals surface area contributed by atoms with Crippen LogP contribution in [-0.2, 0) is 0 Å². The van der Waals surface area contributed by atoms with Gasteiger partial charge in [0.2, 0.25) is 0 Å². The fourth-order valence-corrected chi connectivity index (χ4v) is 3.34. The van der Waals surface area contributed by atoms with Crippen molar-refractivity contribution in [3.63, 3.8) is 0 Å². The summed E-state index contributed by atoms with van der Waals surface area (Å²) in [4.78, 5) is 0. The largest absolute Gasteiger partial charge is 0.204 e. The van der Waals surface area contributed by atoms with Crippen molar-refractivity contribution in [2.45, 2.75) is 0 Å². The summed E-state index contributed by atoms with van der Waals surface area (Å²) >= 11 is 1.59. The Morgan fingerprint density at radius 1 is 0.667 bits per heavy atom. The zero-order valence-electron chi connectivity index (χ0n) is 11.4. The first-order valence-electron chi connectivity index (χ1n) is 6.45. The minimum absolute atomic E-state index is 0.139. The molecule has 120 valence electrons. The molecule has 0 aliphatic heterocycles. The van der Waals surface area contributed by atoms with E-state index in [1.165, 1.54) is 0 Å². The van der Waals surface area contributed by atoms with E-state index in [4.69, 9.17) is 0 Å². The van der Waals surface area contributed by atoms with Gasteiger partial charge in [-0.3, -0.25) is 0 Å². The van der Waals surface area contributed by atoms with E-state index in [2.05, 4.69) is 17.5 Å². The highest BCUT2D eigenvalue weighted by atomic mass is 32.1. The van der Waals surface area contributed by atoms with Crippen molar-refractivity contribution >= 4 is 57.7 Å². The lowest BCUT2D eigenvalue weighted by Crippen LogP contribution is -1.93. The van der Waals surface area contributed by atoms with Crippen LogP contribution in [0.15, 0.2) is 12.1 Å². The van der Waals surface area contributed by atoms with Crippen LogP contribution in [0.3, 0.4) is 0 Å². The number of rotatable bonds is 2. The molecule has 0 saturated carbocycles.